The third kappa shape index (κ3) is 8.78. The Morgan fingerprint density at radius 3 is 2.07 bits per heavy atom. The molecular weight excluding hydrogens is 925 g/mol. The van der Waals surface area contributed by atoms with Crippen molar-refractivity contribution in [3.63, 3.8) is 0 Å². The lowest BCUT2D eigenvalue weighted by Gasteiger charge is -2.60. The molecule has 7 N–H and O–H groups in total. The monoisotopic (exact) mass is 996 g/mol. The van der Waals surface area contributed by atoms with Gasteiger partial charge in [0.2, 0.25) is 5.79 Å². The normalized spacial score (nSPS) is 52.1. The predicted octanol–water partition coefficient (Wildman–Crippen LogP) is 0.0372. The van der Waals surface area contributed by atoms with Crippen LogP contribution in [0.25, 0.3) is 0 Å². The number of carbonyl (C=O) groups is 3. The molecule has 3 unspecified atom stereocenters. The second-order valence-corrected chi connectivity index (χ2v) is 21.8. The smallest absolute Gasteiger partial charge is 0.303 e. The summed E-state index contributed by atoms with van der Waals surface area (Å²) in [5, 5.41) is 77.1. The lowest BCUT2D eigenvalue weighted by Crippen LogP contribution is -2.65. The Kier molecular flexibility index (Phi) is 14.6. The number of carbonyl (C=O) groups excluding carboxylic acids is 3. The van der Waals surface area contributed by atoms with Crippen molar-refractivity contribution in [1.82, 2.24) is 0 Å². The lowest BCUT2D eigenvalue weighted by atomic mass is 9.46. The van der Waals surface area contributed by atoms with Crippen molar-refractivity contribution in [1.29, 1.82) is 0 Å². The average Bonchev–Trinajstić information content (AvgIpc) is 3.75. The highest BCUT2D eigenvalue weighted by atomic mass is 16.8. The second-order valence-electron chi connectivity index (χ2n) is 21.8. The van der Waals surface area contributed by atoms with Crippen molar-refractivity contribution in [2.75, 3.05) is 19.8 Å². The number of aliphatic hydroxyl groups is 7. The van der Waals surface area contributed by atoms with E-state index in [1.807, 2.05) is 6.92 Å². The van der Waals surface area contributed by atoms with Crippen molar-refractivity contribution < 1.29 is 102 Å². The van der Waals surface area contributed by atoms with E-state index in [2.05, 4.69) is 26.5 Å². The van der Waals surface area contributed by atoms with Crippen LogP contribution in [0.15, 0.2) is 23.8 Å². The van der Waals surface area contributed by atoms with Gasteiger partial charge in [0.1, 0.15) is 48.8 Å². The molecule has 5 heterocycles. The summed E-state index contributed by atoms with van der Waals surface area (Å²) in [7, 11) is 0. The first-order valence-corrected chi connectivity index (χ1v) is 24.8. The molecule has 4 aliphatic carbocycles. The number of esters is 3. The maximum Gasteiger partial charge on any atom is 0.303 e. The largest absolute Gasteiger partial charge is 0.456 e. The van der Waals surface area contributed by atoms with Gasteiger partial charge in [-0.05, 0) is 73.7 Å². The summed E-state index contributed by atoms with van der Waals surface area (Å²) in [6.07, 6.45) is -16.4. The van der Waals surface area contributed by atoms with Gasteiger partial charge in [-0.3, -0.25) is 14.4 Å². The molecule has 5 saturated heterocycles. The standard InChI is InChI=1S/C49H72O21/c1-19-16-62-49(43(59)38(19)68-44-37(58)35(56)30(54)17-60-44)20(2)34-32(70-49)15-29-27-10-9-25-13-26(53)14-33(48(25,8)28(27)11-12-47(29,34)7)67-45-40(36(57)31(55)18-61-45)69-46-42(66-24(6)52)41(65-23(5)51)39(21(3)63-46)64-22(4)50/h9,20-21,26-46,53-59H,1,10-18H2,2-8H3/t20-,21-,26+,27?,28?,29?,30-,31-,32-,33+,34-,35-,36-,37+,38-,39-,40+,41+,42+,43-,44-,45-,46-,47-,48-,49-/m0/s1. The first-order chi connectivity index (χ1) is 33.0. The van der Waals surface area contributed by atoms with Crippen molar-refractivity contribution >= 4 is 17.9 Å². The Balaban J connectivity index is 0.946. The molecule has 9 rings (SSSR count). The predicted molar refractivity (Wildman–Crippen MR) is 235 cm³/mol. The Labute approximate surface area is 406 Å². The molecule has 21 heteroatoms. The van der Waals surface area contributed by atoms with Crippen LogP contribution in [0, 0.1) is 40.4 Å². The zero-order chi connectivity index (χ0) is 50.5. The fraction of sp³-hybridized carbons (Fsp3) is 0.857. The van der Waals surface area contributed by atoms with Crippen LogP contribution >= 0.6 is 0 Å². The number of hydrogen-bond acceptors (Lipinski definition) is 21. The number of hydrogen-bond donors (Lipinski definition) is 7. The van der Waals surface area contributed by atoms with Gasteiger partial charge in [0.05, 0.1) is 44.2 Å². The van der Waals surface area contributed by atoms with Crippen molar-refractivity contribution in [2.24, 2.45) is 40.4 Å². The van der Waals surface area contributed by atoms with Gasteiger partial charge in [-0.25, -0.2) is 0 Å². The molecule has 3 saturated carbocycles. The average molecular weight is 997 g/mol. The van der Waals surface area contributed by atoms with Crippen molar-refractivity contribution in [2.45, 2.75) is 203 Å². The number of allylic oxidation sites excluding steroid dienone is 1. The van der Waals surface area contributed by atoms with Gasteiger partial charge in [0.25, 0.3) is 0 Å². The summed E-state index contributed by atoms with van der Waals surface area (Å²) in [5.41, 5.74) is 0.570. The van der Waals surface area contributed by atoms with Crippen molar-refractivity contribution in [3.05, 3.63) is 23.8 Å². The van der Waals surface area contributed by atoms with Gasteiger partial charge in [-0.2, -0.15) is 0 Å². The zero-order valence-corrected chi connectivity index (χ0v) is 40.8. The summed E-state index contributed by atoms with van der Waals surface area (Å²) in [5.74, 6) is -3.68. The van der Waals surface area contributed by atoms with E-state index < -0.39 is 133 Å². The summed E-state index contributed by atoms with van der Waals surface area (Å²) in [6, 6.07) is 0. The Bertz CT molecular complexity index is 2020. The van der Waals surface area contributed by atoms with Crippen LogP contribution in [0.2, 0.25) is 0 Å². The number of rotatable bonds is 9. The summed E-state index contributed by atoms with van der Waals surface area (Å²) < 4.78 is 67.2. The molecule has 1 spiro atoms. The van der Waals surface area contributed by atoms with E-state index >= 15 is 0 Å². The molecule has 0 bridgehead atoms. The van der Waals surface area contributed by atoms with Crippen LogP contribution in [0.4, 0.5) is 0 Å². The van der Waals surface area contributed by atoms with Gasteiger partial charge < -0.3 is 87.9 Å². The molecule has 0 aromatic rings. The second kappa shape index (κ2) is 19.5. The molecule has 9 aliphatic rings. The first kappa shape index (κ1) is 52.2. The molecule has 5 aliphatic heterocycles. The summed E-state index contributed by atoms with van der Waals surface area (Å²) in [4.78, 5) is 37.0. The zero-order valence-electron chi connectivity index (χ0n) is 40.8. The molecule has 0 aromatic carbocycles. The minimum atomic E-state index is -1.61. The van der Waals surface area contributed by atoms with Crippen LogP contribution < -0.4 is 0 Å². The third-order valence-corrected chi connectivity index (χ3v) is 17.7. The van der Waals surface area contributed by atoms with E-state index in [4.69, 9.17) is 52.1 Å². The van der Waals surface area contributed by atoms with Crippen LogP contribution in [0.3, 0.4) is 0 Å². The van der Waals surface area contributed by atoms with Gasteiger partial charge in [0.15, 0.2) is 37.2 Å². The number of fused-ring (bicyclic) bond motifs is 7. The Hall–Kier alpha value is -2.71. The number of ether oxygens (including phenoxy) is 11. The minimum absolute atomic E-state index is 0.0149. The fourth-order valence-electron chi connectivity index (χ4n) is 14.5. The van der Waals surface area contributed by atoms with Crippen LogP contribution in [-0.4, -0.2) is 190 Å². The first-order valence-electron chi connectivity index (χ1n) is 24.8. The molecular formula is C49H72O21. The van der Waals surface area contributed by atoms with Gasteiger partial charge >= 0.3 is 17.9 Å². The maximum absolute atomic E-state index is 12.5. The highest BCUT2D eigenvalue weighted by Crippen LogP contribution is 2.71. The molecule has 8 fully saturated rings. The van der Waals surface area contributed by atoms with Crippen LogP contribution in [0.5, 0.6) is 0 Å². The van der Waals surface area contributed by atoms with Gasteiger partial charge in [-0.1, -0.05) is 39.0 Å². The van der Waals surface area contributed by atoms with Crippen LogP contribution in [-0.2, 0) is 66.5 Å². The maximum atomic E-state index is 12.5. The molecule has 0 aromatic heterocycles. The molecule has 26 atom stereocenters. The Morgan fingerprint density at radius 1 is 0.743 bits per heavy atom. The van der Waals surface area contributed by atoms with Crippen LogP contribution in [0.1, 0.15) is 87.0 Å². The fourth-order valence-corrected chi connectivity index (χ4v) is 14.5. The summed E-state index contributed by atoms with van der Waals surface area (Å²) in [6.45, 7) is 15.0. The molecule has 0 radical (unpaired) electrons. The van der Waals surface area contributed by atoms with E-state index in [1.165, 1.54) is 6.92 Å². The van der Waals surface area contributed by atoms with E-state index in [0.29, 0.717) is 18.4 Å². The van der Waals surface area contributed by atoms with E-state index in [9.17, 15) is 50.1 Å². The molecule has 70 heavy (non-hydrogen) atoms. The van der Waals surface area contributed by atoms with E-state index in [-0.39, 0.29) is 67.3 Å². The SMILES string of the molecule is C=C1CO[C@@]2(O[C@H]3CC4C5CC=C6C[C@@H](O)C[C@@H](O[C@@H]7OC[C@H](O)[C@H](O)[C@H]7O[C@@H]7O[C@@H](C)[C@H](OC(C)=O)[C@@H](OC(C)=O)[C@H]7OC(C)=O)[C@]6(C)C5CC[C@]4(C)[C@H]3[C@@H]2C)[C@@H](O)[C@H]1O[C@@H]1OC[C@H](O)[C@H](O)[C@H]1O. The van der Waals surface area contributed by atoms with Crippen molar-refractivity contribution in [3.8, 4) is 0 Å². The lowest BCUT2D eigenvalue weighted by molar-refractivity contribution is -0.363. The highest BCUT2D eigenvalue weighted by Gasteiger charge is 2.72. The Morgan fingerprint density at radius 2 is 1.39 bits per heavy atom. The van der Waals surface area contributed by atoms with Gasteiger partial charge in [0, 0.05) is 38.5 Å². The quantitative estimate of drug-likeness (QED) is 0.0912. The van der Waals surface area contributed by atoms with E-state index in [0.717, 1.165) is 38.7 Å². The molecule has 21 nitrogen and oxygen atoms in total. The number of aliphatic hydroxyl groups excluding tert-OH is 7. The van der Waals surface area contributed by atoms with E-state index in [1.54, 1.807) is 6.92 Å². The third-order valence-electron chi connectivity index (χ3n) is 17.7. The minimum Gasteiger partial charge on any atom is -0.456 e. The molecule has 0 amide bonds. The molecule has 394 valence electrons. The van der Waals surface area contributed by atoms with Gasteiger partial charge in [-0.15, -0.1) is 0 Å². The summed E-state index contributed by atoms with van der Waals surface area (Å²) >= 11 is 0. The highest BCUT2D eigenvalue weighted by molar-refractivity contribution is 5.68. The topological polar surface area (TPSA) is 294 Å².